The predicted molar refractivity (Wildman–Crippen MR) is 123 cm³/mol. The zero-order valence-electron chi connectivity index (χ0n) is 17.3. The summed E-state index contributed by atoms with van der Waals surface area (Å²) < 4.78 is 2.07. The molecule has 0 bridgehead atoms. The van der Waals surface area contributed by atoms with Gasteiger partial charge in [-0.2, -0.15) is 0 Å². The first-order valence-corrected chi connectivity index (χ1v) is 10.4. The highest BCUT2D eigenvalue weighted by Crippen LogP contribution is 2.17. The summed E-state index contributed by atoms with van der Waals surface area (Å²) in [7, 11) is 0. The molecule has 0 atom stereocenters. The van der Waals surface area contributed by atoms with Crippen LogP contribution in [-0.4, -0.2) is 33.6 Å². The van der Waals surface area contributed by atoms with E-state index < -0.39 is 0 Å². The van der Waals surface area contributed by atoms with Gasteiger partial charge in [-0.15, -0.1) is 0 Å². The molecule has 0 spiro atoms. The topological polar surface area (TPSA) is 70.0 Å². The molecule has 0 aliphatic rings. The van der Waals surface area contributed by atoms with E-state index in [1.807, 2.05) is 12.5 Å². The van der Waals surface area contributed by atoms with Gasteiger partial charge in [-0.05, 0) is 36.1 Å². The van der Waals surface area contributed by atoms with Crippen LogP contribution >= 0.6 is 0 Å². The minimum absolute atomic E-state index is 0.639. The van der Waals surface area contributed by atoms with Gasteiger partial charge >= 0.3 is 0 Å². The molecule has 0 radical (unpaired) electrons. The molecular weight excluding hydrogens is 372 g/mol. The van der Waals surface area contributed by atoms with Gasteiger partial charge in [0.05, 0.1) is 12.9 Å². The minimum atomic E-state index is 0.639. The van der Waals surface area contributed by atoms with Crippen molar-refractivity contribution in [2.24, 2.45) is 4.99 Å². The molecule has 0 aliphatic carbocycles. The van der Waals surface area contributed by atoms with Crippen molar-refractivity contribution in [3.63, 3.8) is 0 Å². The molecule has 4 rings (SSSR count). The molecule has 6 heteroatoms. The molecule has 4 aromatic rings. The van der Waals surface area contributed by atoms with E-state index in [1.54, 1.807) is 6.20 Å². The van der Waals surface area contributed by atoms with Gasteiger partial charge in [0.1, 0.15) is 0 Å². The maximum Gasteiger partial charge on any atom is 0.191 e. The molecule has 0 amide bonds. The molecular formula is C24H28N6. The Bertz CT molecular complexity index is 1090. The van der Waals surface area contributed by atoms with E-state index in [0.717, 1.165) is 32.0 Å². The van der Waals surface area contributed by atoms with Crippen LogP contribution in [0.4, 0.5) is 0 Å². The Labute approximate surface area is 177 Å². The third-order valence-electron chi connectivity index (χ3n) is 5.04. The van der Waals surface area contributed by atoms with Gasteiger partial charge < -0.3 is 20.2 Å². The van der Waals surface area contributed by atoms with Crippen LogP contribution < -0.4 is 10.6 Å². The Balaban J connectivity index is 1.35. The van der Waals surface area contributed by atoms with E-state index in [1.165, 1.54) is 27.6 Å². The molecule has 0 saturated heterocycles. The summed E-state index contributed by atoms with van der Waals surface area (Å²) in [6, 6.07) is 17.0. The molecule has 30 heavy (non-hydrogen) atoms. The Kier molecular flexibility index (Phi) is 6.44. The first kappa shape index (κ1) is 19.8. The van der Waals surface area contributed by atoms with E-state index >= 15 is 0 Å². The number of nitrogens with zero attached hydrogens (tertiary/aromatic N) is 3. The molecule has 2 aromatic carbocycles. The summed E-state index contributed by atoms with van der Waals surface area (Å²) in [4.78, 5) is 12.2. The van der Waals surface area contributed by atoms with Gasteiger partial charge in [-0.1, -0.05) is 42.5 Å². The summed E-state index contributed by atoms with van der Waals surface area (Å²) in [6.07, 6.45) is 8.66. The van der Waals surface area contributed by atoms with Crippen LogP contribution in [0.15, 0.2) is 78.4 Å². The second-order valence-corrected chi connectivity index (χ2v) is 7.29. The Morgan fingerprint density at radius 1 is 1.10 bits per heavy atom. The number of aliphatic imine (C=N–C) groups is 1. The molecule has 0 aliphatic heterocycles. The van der Waals surface area contributed by atoms with Crippen LogP contribution in [0.1, 0.15) is 23.6 Å². The van der Waals surface area contributed by atoms with Crippen LogP contribution in [0.5, 0.6) is 0 Å². The fraction of sp³-hybridized carbons (Fsp3) is 0.250. The van der Waals surface area contributed by atoms with Gasteiger partial charge in [-0.25, -0.2) is 9.98 Å². The largest absolute Gasteiger partial charge is 0.361 e. The molecule has 3 N–H and O–H groups in total. The maximum absolute atomic E-state index is 4.77. The van der Waals surface area contributed by atoms with Crippen molar-refractivity contribution in [2.75, 3.05) is 13.1 Å². The Morgan fingerprint density at radius 2 is 2.00 bits per heavy atom. The summed E-state index contributed by atoms with van der Waals surface area (Å²) in [5, 5.41) is 8.09. The number of aromatic amines is 1. The second kappa shape index (κ2) is 9.78. The Morgan fingerprint density at radius 3 is 2.87 bits per heavy atom. The highest BCUT2D eigenvalue weighted by Gasteiger charge is 2.04. The molecule has 2 aromatic heterocycles. The quantitative estimate of drug-likeness (QED) is 0.312. The molecule has 154 valence electrons. The van der Waals surface area contributed by atoms with Crippen molar-refractivity contribution >= 4 is 16.9 Å². The first-order chi connectivity index (χ1) is 14.8. The zero-order chi connectivity index (χ0) is 20.6. The smallest absolute Gasteiger partial charge is 0.191 e. The van der Waals surface area contributed by atoms with Crippen molar-refractivity contribution in [2.45, 2.75) is 26.4 Å². The van der Waals surface area contributed by atoms with E-state index in [4.69, 9.17) is 4.99 Å². The number of hydrogen-bond acceptors (Lipinski definition) is 2. The minimum Gasteiger partial charge on any atom is -0.361 e. The number of guanidine groups is 1. The van der Waals surface area contributed by atoms with Crippen molar-refractivity contribution < 1.29 is 0 Å². The summed E-state index contributed by atoms with van der Waals surface area (Å²) in [5.41, 5.74) is 4.95. The Hall–Kier alpha value is -3.54. The molecule has 6 nitrogen and oxygen atoms in total. The number of fused-ring (bicyclic) bond motifs is 1. The standard InChI is InChI=1S/C24H28N6/c1-2-26-24(27-11-10-21-16-28-23-9-4-3-8-22(21)23)29-15-19-6-5-7-20(14-19)17-30-13-12-25-18-30/h3-9,12-14,16,18,28H,2,10-11,15,17H2,1H3,(H2,26,27,29). The number of H-pyrrole nitrogens is 1. The van der Waals surface area contributed by atoms with Crippen LogP contribution in [0, 0.1) is 0 Å². The number of imidazole rings is 1. The fourth-order valence-corrected chi connectivity index (χ4v) is 3.58. The normalized spacial score (nSPS) is 11.7. The van der Waals surface area contributed by atoms with Crippen molar-refractivity contribution in [1.29, 1.82) is 0 Å². The molecule has 2 heterocycles. The van der Waals surface area contributed by atoms with Gasteiger partial charge in [-0.3, -0.25) is 0 Å². The summed E-state index contributed by atoms with van der Waals surface area (Å²) in [6.45, 7) is 5.21. The highest BCUT2D eigenvalue weighted by atomic mass is 15.2. The van der Waals surface area contributed by atoms with Crippen LogP contribution in [0.3, 0.4) is 0 Å². The third kappa shape index (κ3) is 5.08. The lowest BCUT2D eigenvalue weighted by Crippen LogP contribution is -2.38. The van der Waals surface area contributed by atoms with Crippen molar-refractivity contribution in [1.82, 2.24) is 25.2 Å². The van der Waals surface area contributed by atoms with E-state index in [2.05, 4.69) is 86.8 Å². The number of rotatable bonds is 8. The predicted octanol–water partition coefficient (Wildman–Crippen LogP) is 3.71. The molecule has 0 saturated carbocycles. The van der Waals surface area contributed by atoms with Crippen molar-refractivity contribution in [3.05, 3.63) is 90.1 Å². The highest BCUT2D eigenvalue weighted by molar-refractivity contribution is 5.83. The number of nitrogens with one attached hydrogen (secondary N) is 3. The fourth-order valence-electron chi connectivity index (χ4n) is 3.58. The van der Waals surface area contributed by atoms with Gasteiger partial charge in [0.15, 0.2) is 5.96 Å². The van der Waals surface area contributed by atoms with E-state index in [9.17, 15) is 0 Å². The molecule has 0 fully saturated rings. The summed E-state index contributed by atoms with van der Waals surface area (Å²) >= 11 is 0. The number of para-hydroxylation sites is 1. The van der Waals surface area contributed by atoms with E-state index in [0.29, 0.717) is 6.54 Å². The van der Waals surface area contributed by atoms with Crippen LogP contribution in [0.25, 0.3) is 10.9 Å². The third-order valence-corrected chi connectivity index (χ3v) is 5.04. The lowest BCUT2D eigenvalue weighted by atomic mass is 10.1. The van der Waals surface area contributed by atoms with Crippen molar-refractivity contribution in [3.8, 4) is 0 Å². The monoisotopic (exact) mass is 400 g/mol. The SMILES string of the molecule is CCNC(=NCc1cccc(Cn2ccnc2)c1)NCCc1c[nH]c2ccccc12. The summed E-state index contributed by atoms with van der Waals surface area (Å²) in [5.74, 6) is 0.845. The first-order valence-electron chi connectivity index (χ1n) is 10.4. The number of hydrogen-bond donors (Lipinski definition) is 3. The van der Waals surface area contributed by atoms with Crippen LogP contribution in [0.2, 0.25) is 0 Å². The molecule has 0 unspecified atom stereocenters. The van der Waals surface area contributed by atoms with Gasteiger partial charge in [0, 0.05) is 49.1 Å². The van der Waals surface area contributed by atoms with Gasteiger partial charge in [0.25, 0.3) is 0 Å². The maximum atomic E-state index is 4.77. The lowest BCUT2D eigenvalue weighted by molar-refractivity contribution is 0.791. The van der Waals surface area contributed by atoms with E-state index in [-0.39, 0.29) is 0 Å². The average molecular weight is 401 g/mol. The zero-order valence-corrected chi connectivity index (χ0v) is 17.3. The lowest BCUT2D eigenvalue weighted by Gasteiger charge is -2.11. The second-order valence-electron chi connectivity index (χ2n) is 7.29. The van der Waals surface area contributed by atoms with Gasteiger partial charge in [0.2, 0.25) is 0 Å². The van der Waals surface area contributed by atoms with Crippen LogP contribution in [-0.2, 0) is 19.5 Å². The number of aromatic nitrogens is 3. The number of benzene rings is 2. The average Bonchev–Trinajstić information content (AvgIpc) is 3.42.